The topological polar surface area (TPSA) is 97.4 Å². The van der Waals surface area contributed by atoms with Gasteiger partial charge in [-0.1, -0.05) is 91.0 Å². The van der Waals surface area contributed by atoms with Gasteiger partial charge in [-0.15, -0.1) is 12.6 Å². The third kappa shape index (κ3) is 6.32. The van der Waals surface area contributed by atoms with E-state index in [2.05, 4.69) is 12.6 Å². The Labute approximate surface area is 245 Å². The number of carbonyl (C=O) groups is 3. The predicted octanol–water partition coefficient (Wildman–Crippen LogP) is 4.49. The summed E-state index contributed by atoms with van der Waals surface area (Å²) in [5.41, 5.74) is 0.603. The standard InChI is InChI=1S/C32H34O8S/c1-20(33)37-26-27(38-21(2)34)29(39-22(3)35)31(41)40-28(26)30(36-4)32(23-14-8-5-9-15-23,24-16-10-6-11-17-24)25-18-12-7-13-19-25/h5-19,26-31,41H,1-4H3/t26-,27-,28-,29+,30?,31-/m0/s1. The van der Waals surface area contributed by atoms with E-state index in [9.17, 15) is 14.4 Å². The largest absolute Gasteiger partial charge is 0.456 e. The molecule has 1 unspecified atom stereocenters. The van der Waals surface area contributed by atoms with Crippen molar-refractivity contribution in [3.63, 3.8) is 0 Å². The van der Waals surface area contributed by atoms with Crippen molar-refractivity contribution >= 4 is 30.5 Å². The van der Waals surface area contributed by atoms with Gasteiger partial charge in [0.05, 0.1) is 5.41 Å². The molecule has 1 saturated heterocycles. The fourth-order valence-electron chi connectivity index (χ4n) is 5.72. The first kappa shape index (κ1) is 30.3. The van der Waals surface area contributed by atoms with Gasteiger partial charge in [-0.05, 0) is 16.7 Å². The van der Waals surface area contributed by atoms with E-state index in [0.29, 0.717) is 0 Å². The number of thiol groups is 1. The molecule has 1 fully saturated rings. The predicted molar refractivity (Wildman–Crippen MR) is 154 cm³/mol. The molecule has 3 aromatic carbocycles. The number of carbonyl (C=O) groups excluding carboxylic acids is 3. The number of methoxy groups -OCH3 is 1. The van der Waals surface area contributed by atoms with Crippen LogP contribution in [0.15, 0.2) is 91.0 Å². The summed E-state index contributed by atoms with van der Waals surface area (Å²) in [6, 6.07) is 29.4. The van der Waals surface area contributed by atoms with Crippen molar-refractivity contribution < 1.29 is 38.1 Å². The van der Waals surface area contributed by atoms with Gasteiger partial charge >= 0.3 is 17.9 Å². The molecule has 0 bridgehead atoms. The van der Waals surface area contributed by atoms with Gasteiger partial charge in [-0.2, -0.15) is 0 Å². The Balaban J connectivity index is 2.01. The maximum Gasteiger partial charge on any atom is 0.303 e. The Morgan fingerprint density at radius 3 is 1.39 bits per heavy atom. The summed E-state index contributed by atoms with van der Waals surface area (Å²) in [6.07, 6.45) is -5.51. The third-order valence-corrected chi connectivity index (χ3v) is 7.54. The molecule has 0 spiro atoms. The molecule has 1 heterocycles. The molecule has 4 rings (SSSR count). The normalized spacial score (nSPS) is 23.2. The summed E-state index contributed by atoms with van der Waals surface area (Å²) in [5.74, 6) is -1.93. The van der Waals surface area contributed by atoms with E-state index in [1.165, 1.54) is 20.8 Å². The SMILES string of the molecule is COC([C@H]1O[C@@H](S)[C@H](OC(C)=O)[C@@H](OC(C)=O)[C@@H]1OC(C)=O)C(c1ccccc1)(c1ccccc1)c1ccccc1. The second kappa shape index (κ2) is 13.3. The van der Waals surface area contributed by atoms with Crippen LogP contribution >= 0.6 is 12.6 Å². The van der Waals surface area contributed by atoms with Crippen LogP contribution in [-0.2, 0) is 43.5 Å². The number of hydrogen-bond donors (Lipinski definition) is 1. The Morgan fingerprint density at radius 2 is 1.02 bits per heavy atom. The minimum atomic E-state index is -1.22. The lowest BCUT2D eigenvalue weighted by molar-refractivity contribution is -0.250. The quantitative estimate of drug-likeness (QED) is 0.172. The number of benzene rings is 3. The monoisotopic (exact) mass is 578 g/mol. The molecular formula is C32H34O8S. The van der Waals surface area contributed by atoms with Crippen molar-refractivity contribution in [1.29, 1.82) is 0 Å². The van der Waals surface area contributed by atoms with E-state index in [1.807, 2.05) is 91.0 Å². The fourth-order valence-corrected chi connectivity index (χ4v) is 6.09. The smallest absolute Gasteiger partial charge is 0.303 e. The van der Waals surface area contributed by atoms with Gasteiger partial charge in [-0.25, -0.2) is 0 Å². The Hall–Kier alpha value is -3.66. The summed E-state index contributed by atoms with van der Waals surface area (Å²) in [4.78, 5) is 36.8. The van der Waals surface area contributed by atoms with Crippen LogP contribution in [0.3, 0.4) is 0 Å². The first-order valence-electron chi connectivity index (χ1n) is 13.2. The maximum atomic E-state index is 12.5. The molecule has 0 saturated carbocycles. The van der Waals surface area contributed by atoms with Crippen molar-refractivity contribution in [3.8, 4) is 0 Å². The van der Waals surface area contributed by atoms with Crippen LogP contribution in [0.2, 0.25) is 0 Å². The molecule has 0 amide bonds. The lowest BCUT2D eigenvalue weighted by Crippen LogP contribution is -2.66. The lowest BCUT2D eigenvalue weighted by Gasteiger charge is -2.50. The zero-order chi connectivity index (χ0) is 29.6. The van der Waals surface area contributed by atoms with Crippen LogP contribution in [0.25, 0.3) is 0 Å². The van der Waals surface area contributed by atoms with Crippen molar-refractivity contribution in [3.05, 3.63) is 108 Å². The molecule has 8 nitrogen and oxygen atoms in total. The minimum Gasteiger partial charge on any atom is -0.456 e. The van der Waals surface area contributed by atoms with E-state index in [-0.39, 0.29) is 0 Å². The zero-order valence-electron chi connectivity index (χ0n) is 23.3. The van der Waals surface area contributed by atoms with Crippen LogP contribution in [0.1, 0.15) is 37.5 Å². The molecule has 1 aliphatic heterocycles. The molecule has 3 aromatic rings. The van der Waals surface area contributed by atoms with Gasteiger partial charge in [0, 0.05) is 27.9 Å². The molecule has 0 aromatic heterocycles. The Kier molecular flexibility index (Phi) is 9.86. The van der Waals surface area contributed by atoms with Crippen molar-refractivity contribution in [2.75, 3.05) is 7.11 Å². The molecule has 0 N–H and O–H groups in total. The summed E-state index contributed by atoms with van der Waals surface area (Å²) in [7, 11) is 1.55. The van der Waals surface area contributed by atoms with Gasteiger partial charge in [0.15, 0.2) is 18.3 Å². The van der Waals surface area contributed by atoms with Crippen molar-refractivity contribution in [2.24, 2.45) is 0 Å². The van der Waals surface area contributed by atoms with E-state index in [1.54, 1.807) is 7.11 Å². The number of esters is 3. The van der Waals surface area contributed by atoms with Crippen LogP contribution in [0.4, 0.5) is 0 Å². The molecule has 0 radical (unpaired) electrons. The molecule has 216 valence electrons. The second-order valence-corrected chi connectivity index (χ2v) is 10.3. The van der Waals surface area contributed by atoms with Gasteiger partial charge in [0.2, 0.25) is 0 Å². The summed E-state index contributed by atoms with van der Waals surface area (Å²) < 4.78 is 29.8. The molecule has 41 heavy (non-hydrogen) atoms. The number of hydrogen-bond acceptors (Lipinski definition) is 9. The third-order valence-electron chi connectivity index (χ3n) is 7.12. The fraction of sp³-hybridized carbons (Fsp3) is 0.344. The minimum absolute atomic E-state index is 0.634. The number of ether oxygens (including phenoxy) is 5. The van der Waals surface area contributed by atoms with E-state index < -0.39 is 59.3 Å². The summed E-state index contributed by atoms with van der Waals surface area (Å²) in [6.45, 7) is 3.70. The average Bonchev–Trinajstić information content (AvgIpc) is 2.96. The molecule has 6 atom stereocenters. The first-order valence-corrected chi connectivity index (χ1v) is 13.8. The highest BCUT2D eigenvalue weighted by molar-refractivity contribution is 7.80. The first-order chi connectivity index (χ1) is 19.7. The highest BCUT2D eigenvalue weighted by Gasteiger charge is 2.58. The molecule has 9 heteroatoms. The van der Waals surface area contributed by atoms with Crippen LogP contribution in [0, 0.1) is 0 Å². The molecule has 0 aliphatic carbocycles. The Bertz CT molecular complexity index is 1220. The lowest BCUT2D eigenvalue weighted by atomic mass is 9.63. The maximum absolute atomic E-state index is 12.5. The zero-order valence-corrected chi connectivity index (χ0v) is 24.2. The van der Waals surface area contributed by atoms with Crippen LogP contribution < -0.4 is 0 Å². The molecular weight excluding hydrogens is 544 g/mol. The van der Waals surface area contributed by atoms with E-state index in [0.717, 1.165) is 16.7 Å². The highest BCUT2D eigenvalue weighted by atomic mass is 32.1. The van der Waals surface area contributed by atoms with Crippen molar-refractivity contribution in [2.45, 2.75) is 62.1 Å². The summed E-state index contributed by atoms with van der Waals surface area (Å²) in [5, 5.41) is 0. The highest BCUT2D eigenvalue weighted by Crippen LogP contribution is 2.47. The second-order valence-electron chi connectivity index (χ2n) is 9.78. The van der Waals surface area contributed by atoms with Crippen molar-refractivity contribution in [1.82, 2.24) is 0 Å². The van der Waals surface area contributed by atoms with Crippen LogP contribution in [-0.4, -0.2) is 61.0 Å². The summed E-state index contributed by atoms with van der Waals surface area (Å²) >= 11 is 4.61. The van der Waals surface area contributed by atoms with E-state index in [4.69, 9.17) is 23.7 Å². The average molecular weight is 579 g/mol. The van der Waals surface area contributed by atoms with Gasteiger partial charge in [0.1, 0.15) is 17.6 Å². The van der Waals surface area contributed by atoms with Gasteiger partial charge < -0.3 is 23.7 Å². The number of rotatable bonds is 9. The Morgan fingerprint density at radius 1 is 0.659 bits per heavy atom. The van der Waals surface area contributed by atoms with Gasteiger partial charge in [-0.3, -0.25) is 14.4 Å². The molecule has 1 aliphatic rings. The van der Waals surface area contributed by atoms with Gasteiger partial charge in [0.25, 0.3) is 0 Å². The van der Waals surface area contributed by atoms with Crippen LogP contribution in [0.5, 0.6) is 0 Å². The van der Waals surface area contributed by atoms with E-state index >= 15 is 0 Å².